The lowest BCUT2D eigenvalue weighted by molar-refractivity contribution is 0.625. The maximum atomic E-state index is 14.6. The van der Waals surface area contributed by atoms with Gasteiger partial charge in [0.25, 0.3) is 0 Å². The summed E-state index contributed by atoms with van der Waals surface area (Å²) < 4.78 is 14.6. The molecule has 4 nitrogen and oxygen atoms in total. The fraction of sp³-hybridized carbons (Fsp3) is 0.0526. The third-order valence-corrected chi connectivity index (χ3v) is 3.99. The molecule has 0 radical (unpaired) electrons. The number of halogens is 1. The number of nitrogens with one attached hydrogen (secondary N) is 1. The molecule has 4 aromatic rings. The topological polar surface area (TPSA) is 63.8 Å². The quantitative estimate of drug-likeness (QED) is 0.596. The summed E-state index contributed by atoms with van der Waals surface area (Å²) >= 11 is 0. The van der Waals surface area contributed by atoms with Crippen LogP contribution >= 0.6 is 0 Å². The van der Waals surface area contributed by atoms with E-state index in [0.717, 1.165) is 16.4 Å². The molecule has 0 saturated carbocycles. The number of anilines is 2. The average Bonchev–Trinajstić information content (AvgIpc) is 2.61. The number of hydrogen-bond donors (Lipinski definition) is 2. The highest BCUT2D eigenvalue weighted by atomic mass is 19.1. The van der Waals surface area contributed by atoms with E-state index in [2.05, 4.69) is 15.3 Å². The van der Waals surface area contributed by atoms with Crippen LogP contribution in [0.25, 0.3) is 21.8 Å². The lowest BCUT2D eigenvalue weighted by Crippen LogP contribution is -2.07. The second-order valence-corrected chi connectivity index (χ2v) is 5.56. The Kier molecular flexibility index (Phi) is 3.46. The van der Waals surface area contributed by atoms with Gasteiger partial charge in [-0.3, -0.25) is 0 Å². The van der Waals surface area contributed by atoms with Crippen molar-refractivity contribution in [1.29, 1.82) is 0 Å². The molecule has 0 aliphatic heterocycles. The van der Waals surface area contributed by atoms with Crippen LogP contribution in [0.5, 0.6) is 0 Å². The van der Waals surface area contributed by atoms with Crippen molar-refractivity contribution >= 4 is 33.4 Å². The Morgan fingerprint density at radius 1 is 0.875 bits per heavy atom. The summed E-state index contributed by atoms with van der Waals surface area (Å²) in [5.74, 6) is 0.532. The minimum atomic E-state index is -0.229. The average molecular weight is 318 g/mol. The molecular formula is C19H15FN4. The molecular weight excluding hydrogens is 303 g/mol. The van der Waals surface area contributed by atoms with Gasteiger partial charge in [-0.05, 0) is 17.5 Å². The minimum absolute atomic E-state index is 0.229. The Morgan fingerprint density at radius 2 is 1.58 bits per heavy atom. The number of para-hydroxylation sites is 2. The number of rotatable bonds is 3. The smallest absolute Gasteiger partial charge is 0.169 e. The fourth-order valence-electron chi connectivity index (χ4n) is 2.74. The first-order chi connectivity index (χ1) is 11.7. The Bertz CT molecular complexity index is 1040. The molecule has 0 amide bonds. The molecule has 0 spiro atoms. The van der Waals surface area contributed by atoms with E-state index in [-0.39, 0.29) is 12.4 Å². The van der Waals surface area contributed by atoms with E-state index in [1.807, 2.05) is 48.5 Å². The van der Waals surface area contributed by atoms with Crippen LogP contribution in [0.4, 0.5) is 16.0 Å². The molecule has 0 aliphatic carbocycles. The van der Waals surface area contributed by atoms with E-state index < -0.39 is 0 Å². The first-order valence-electron chi connectivity index (χ1n) is 7.64. The second kappa shape index (κ2) is 5.77. The SMILES string of the molecule is Nc1nc2ccccc2nc1NCc1ccc2ccccc2c1F. The molecule has 0 saturated heterocycles. The standard InChI is InChI=1S/C19H15FN4/c20-17-13(10-9-12-5-1-2-6-14(12)17)11-22-19-18(21)23-15-7-3-4-8-16(15)24-19/h1-10H,11H2,(H2,21,23)(H,22,24). The Hall–Kier alpha value is -3.21. The number of aromatic nitrogens is 2. The summed E-state index contributed by atoms with van der Waals surface area (Å²) in [6, 6.07) is 18.6. The number of benzene rings is 3. The van der Waals surface area contributed by atoms with Crippen molar-refractivity contribution in [3.05, 3.63) is 72.0 Å². The van der Waals surface area contributed by atoms with Crippen LogP contribution in [0.3, 0.4) is 0 Å². The summed E-state index contributed by atoms with van der Waals surface area (Å²) in [6.07, 6.45) is 0. The summed E-state index contributed by atoms with van der Waals surface area (Å²) in [5, 5.41) is 4.57. The fourth-order valence-corrected chi connectivity index (χ4v) is 2.74. The monoisotopic (exact) mass is 318 g/mol. The molecule has 0 fully saturated rings. The van der Waals surface area contributed by atoms with Crippen LogP contribution in [-0.4, -0.2) is 9.97 Å². The van der Waals surface area contributed by atoms with Crippen LogP contribution in [0.1, 0.15) is 5.56 Å². The van der Waals surface area contributed by atoms with Gasteiger partial charge in [0.15, 0.2) is 11.6 Å². The maximum absolute atomic E-state index is 14.6. The maximum Gasteiger partial charge on any atom is 0.169 e. The summed E-state index contributed by atoms with van der Waals surface area (Å²) in [4.78, 5) is 8.78. The number of hydrogen-bond acceptors (Lipinski definition) is 4. The van der Waals surface area contributed by atoms with Crippen molar-refractivity contribution in [2.45, 2.75) is 6.54 Å². The lowest BCUT2D eigenvalue weighted by Gasteiger charge is -2.11. The van der Waals surface area contributed by atoms with Crippen molar-refractivity contribution < 1.29 is 4.39 Å². The van der Waals surface area contributed by atoms with Crippen LogP contribution in [0, 0.1) is 5.82 Å². The highest BCUT2D eigenvalue weighted by Crippen LogP contribution is 2.23. The van der Waals surface area contributed by atoms with Crippen molar-refractivity contribution in [3.63, 3.8) is 0 Å². The van der Waals surface area contributed by atoms with Gasteiger partial charge in [0.1, 0.15) is 5.82 Å². The van der Waals surface area contributed by atoms with Crippen LogP contribution in [-0.2, 0) is 6.54 Å². The van der Waals surface area contributed by atoms with E-state index >= 15 is 0 Å². The van der Waals surface area contributed by atoms with Gasteiger partial charge >= 0.3 is 0 Å². The van der Waals surface area contributed by atoms with Crippen LogP contribution < -0.4 is 11.1 Å². The summed E-state index contributed by atoms with van der Waals surface area (Å²) in [7, 11) is 0. The lowest BCUT2D eigenvalue weighted by atomic mass is 10.1. The molecule has 0 unspecified atom stereocenters. The van der Waals surface area contributed by atoms with Gasteiger partial charge in [-0.2, -0.15) is 0 Å². The molecule has 1 heterocycles. The van der Waals surface area contributed by atoms with Crippen LogP contribution in [0.2, 0.25) is 0 Å². The van der Waals surface area contributed by atoms with Crippen molar-refractivity contribution in [1.82, 2.24) is 9.97 Å². The van der Waals surface area contributed by atoms with Gasteiger partial charge < -0.3 is 11.1 Å². The molecule has 118 valence electrons. The Labute approximate surface area is 138 Å². The zero-order valence-corrected chi connectivity index (χ0v) is 12.8. The van der Waals surface area contributed by atoms with E-state index in [1.165, 1.54) is 0 Å². The second-order valence-electron chi connectivity index (χ2n) is 5.56. The van der Waals surface area contributed by atoms with Gasteiger partial charge in [0.05, 0.1) is 11.0 Å². The van der Waals surface area contributed by atoms with Crippen molar-refractivity contribution in [2.24, 2.45) is 0 Å². The third kappa shape index (κ3) is 2.50. The predicted molar refractivity (Wildman–Crippen MR) is 95.2 cm³/mol. The number of nitrogen functional groups attached to an aromatic ring is 1. The molecule has 1 aromatic heterocycles. The summed E-state index contributed by atoms with van der Waals surface area (Å²) in [6.45, 7) is 0.286. The normalized spacial score (nSPS) is 11.0. The van der Waals surface area contributed by atoms with Crippen molar-refractivity contribution in [3.8, 4) is 0 Å². The first-order valence-corrected chi connectivity index (χ1v) is 7.64. The van der Waals surface area contributed by atoms with E-state index in [9.17, 15) is 4.39 Å². The molecule has 3 N–H and O–H groups in total. The number of nitrogens with two attached hydrogens (primary N) is 1. The van der Waals surface area contributed by atoms with Gasteiger partial charge in [-0.15, -0.1) is 0 Å². The zero-order valence-electron chi connectivity index (χ0n) is 12.8. The third-order valence-electron chi connectivity index (χ3n) is 3.99. The van der Waals surface area contributed by atoms with E-state index in [4.69, 9.17) is 5.73 Å². The van der Waals surface area contributed by atoms with E-state index in [0.29, 0.717) is 22.6 Å². The van der Waals surface area contributed by atoms with Gasteiger partial charge in [0, 0.05) is 17.5 Å². The first kappa shape index (κ1) is 14.4. The summed E-state index contributed by atoms with van der Waals surface area (Å²) in [5.41, 5.74) is 7.99. The Morgan fingerprint density at radius 3 is 2.42 bits per heavy atom. The number of nitrogens with zero attached hydrogens (tertiary/aromatic N) is 2. The van der Waals surface area contributed by atoms with Gasteiger partial charge in [-0.1, -0.05) is 48.5 Å². The van der Waals surface area contributed by atoms with Gasteiger partial charge in [0.2, 0.25) is 0 Å². The molecule has 0 atom stereocenters. The number of fused-ring (bicyclic) bond motifs is 2. The molecule has 3 aromatic carbocycles. The molecule has 4 rings (SSSR count). The predicted octanol–water partition coefficient (Wildman–Crippen LogP) is 4.12. The van der Waals surface area contributed by atoms with Gasteiger partial charge in [-0.25, -0.2) is 14.4 Å². The van der Waals surface area contributed by atoms with E-state index in [1.54, 1.807) is 12.1 Å². The highest BCUT2D eigenvalue weighted by Gasteiger charge is 2.09. The van der Waals surface area contributed by atoms with Crippen molar-refractivity contribution in [2.75, 3.05) is 11.1 Å². The Balaban J connectivity index is 1.65. The zero-order chi connectivity index (χ0) is 16.5. The molecule has 0 bridgehead atoms. The molecule has 24 heavy (non-hydrogen) atoms. The molecule has 0 aliphatic rings. The highest BCUT2D eigenvalue weighted by molar-refractivity contribution is 5.84. The molecule has 5 heteroatoms. The minimum Gasteiger partial charge on any atom is -0.381 e. The van der Waals surface area contributed by atoms with Crippen LogP contribution in [0.15, 0.2) is 60.7 Å². The largest absolute Gasteiger partial charge is 0.381 e.